The Morgan fingerprint density at radius 2 is 1.86 bits per heavy atom. The van der Waals surface area contributed by atoms with Gasteiger partial charge in [-0.15, -0.1) is 0 Å². The lowest BCUT2D eigenvalue weighted by Gasteiger charge is -2.12. The van der Waals surface area contributed by atoms with E-state index in [-0.39, 0.29) is 5.91 Å². The zero-order valence-electron chi connectivity index (χ0n) is 9.35. The Morgan fingerprint density at radius 1 is 1.21 bits per heavy atom. The van der Waals surface area contributed by atoms with Crippen LogP contribution in [0.4, 0.5) is 0 Å². The van der Waals surface area contributed by atoms with Crippen molar-refractivity contribution in [3.63, 3.8) is 0 Å². The van der Waals surface area contributed by atoms with Gasteiger partial charge in [0.2, 0.25) is 5.91 Å². The van der Waals surface area contributed by atoms with Crippen molar-refractivity contribution in [3.05, 3.63) is 0 Å². The van der Waals surface area contributed by atoms with E-state index in [0.717, 1.165) is 12.3 Å². The van der Waals surface area contributed by atoms with Crippen molar-refractivity contribution >= 4 is 5.91 Å². The van der Waals surface area contributed by atoms with Gasteiger partial charge in [-0.25, -0.2) is 0 Å². The molecule has 0 atom stereocenters. The molecule has 0 aromatic rings. The van der Waals surface area contributed by atoms with Crippen LogP contribution in [-0.2, 0) is 4.79 Å². The molecule has 1 amide bonds. The van der Waals surface area contributed by atoms with Crippen LogP contribution in [0.5, 0.6) is 0 Å². The lowest BCUT2D eigenvalue weighted by atomic mass is 9.94. The van der Waals surface area contributed by atoms with Crippen LogP contribution in [0.25, 0.3) is 0 Å². The number of carbonyl (C=O) groups is 1. The largest absolute Gasteiger partial charge is 0.359 e. The summed E-state index contributed by atoms with van der Waals surface area (Å²) in [6.07, 6.45) is 11.5. The third kappa shape index (κ3) is 4.64. The molecule has 1 fully saturated rings. The van der Waals surface area contributed by atoms with E-state index in [0.29, 0.717) is 6.42 Å². The third-order valence-corrected chi connectivity index (χ3v) is 3.27. The highest BCUT2D eigenvalue weighted by Gasteiger charge is 2.12. The first-order chi connectivity index (χ1) is 6.83. The molecule has 2 heteroatoms. The van der Waals surface area contributed by atoms with Crippen LogP contribution in [0, 0.1) is 5.92 Å². The highest BCUT2D eigenvalue weighted by atomic mass is 16.1. The predicted molar refractivity (Wildman–Crippen MR) is 59.1 cm³/mol. The van der Waals surface area contributed by atoms with Crippen molar-refractivity contribution in [1.82, 2.24) is 5.32 Å². The maximum Gasteiger partial charge on any atom is 0.219 e. The first-order valence-electron chi connectivity index (χ1n) is 6.03. The van der Waals surface area contributed by atoms with E-state index < -0.39 is 0 Å². The number of hydrogen-bond acceptors (Lipinski definition) is 1. The normalized spacial score (nSPS) is 18.9. The van der Waals surface area contributed by atoms with Crippen LogP contribution in [0.3, 0.4) is 0 Å². The molecule has 0 spiro atoms. The van der Waals surface area contributed by atoms with Crippen molar-refractivity contribution in [1.29, 1.82) is 0 Å². The van der Waals surface area contributed by atoms with Crippen LogP contribution in [0.2, 0.25) is 0 Å². The van der Waals surface area contributed by atoms with Crippen LogP contribution in [0.15, 0.2) is 0 Å². The Morgan fingerprint density at radius 3 is 2.43 bits per heavy atom. The number of carbonyl (C=O) groups excluding carboxylic acids is 1. The molecular formula is C12H23NO. The molecule has 14 heavy (non-hydrogen) atoms. The van der Waals surface area contributed by atoms with Gasteiger partial charge in [0.15, 0.2) is 0 Å². The van der Waals surface area contributed by atoms with Gasteiger partial charge < -0.3 is 5.32 Å². The fourth-order valence-corrected chi connectivity index (χ4v) is 2.33. The minimum atomic E-state index is 0.193. The van der Waals surface area contributed by atoms with E-state index in [2.05, 4.69) is 5.32 Å². The average Bonchev–Trinajstić information content (AvgIpc) is 2.46. The molecule has 1 rings (SSSR count). The van der Waals surface area contributed by atoms with Crippen molar-refractivity contribution in [2.75, 3.05) is 7.05 Å². The molecule has 1 N–H and O–H groups in total. The second kappa shape index (κ2) is 6.86. The Balaban J connectivity index is 2.07. The molecule has 0 unspecified atom stereocenters. The van der Waals surface area contributed by atoms with Gasteiger partial charge >= 0.3 is 0 Å². The second-order valence-electron chi connectivity index (χ2n) is 4.42. The number of hydrogen-bond donors (Lipinski definition) is 1. The molecular weight excluding hydrogens is 174 g/mol. The van der Waals surface area contributed by atoms with E-state index in [4.69, 9.17) is 0 Å². The SMILES string of the molecule is CNC(=O)CCCC1CCCCCC1. The van der Waals surface area contributed by atoms with Crippen molar-refractivity contribution in [2.45, 2.75) is 57.8 Å². The summed E-state index contributed by atoms with van der Waals surface area (Å²) in [5.41, 5.74) is 0. The van der Waals surface area contributed by atoms with Gasteiger partial charge in [-0.05, 0) is 18.8 Å². The fraction of sp³-hybridized carbons (Fsp3) is 0.917. The predicted octanol–water partition coefficient (Wildman–Crippen LogP) is 2.87. The van der Waals surface area contributed by atoms with E-state index in [1.54, 1.807) is 7.05 Å². The highest BCUT2D eigenvalue weighted by molar-refractivity contribution is 5.75. The first kappa shape index (κ1) is 11.5. The molecule has 0 radical (unpaired) electrons. The monoisotopic (exact) mass is 197 g/mol. The van der Waals surface area contributed by atoms with Crippen LogP contribution in [0.1, 0.15) is 57.8 Å². The first-order valence-corrected chi connectivity index (χ1v) is 6.03. The average molecular weight is 197 g/mol. The molecule has 0 saturated heterocycles. The molecule has 0 aromatic heterocycles. The minimum Gasteiger partial charge on any atom is -0.359 e. The Labute approximate surface area is 87.5 Å². The molecule has 1 aliphatic carbocycles. The zero-order valence-corrected chi connectivity index (χ0v) is 9.35. The second-order valence-corrected chi connectivity index (χ2v) is 4.42. The van der Waals surface area contributed by atoms with Gasteiger partial charge in [0.25, 0.3) is 0 Å². The summed E-state index contributed by atoms with van der Waals surface area (Å²) < 4.78 is 0. The molecule has 82 valence electrons. The van der Waals surface area contributed by atoms with E-state index in [1.165, 1.54) is 44.9 Å². The molecule has 1 saturated carbocycles. The molecule has 0 bridgehead atoms. The van der Waals surface area contributed by atoms with Gasteiger partial charge in [-0.1, -0.05) is 38.5 Å². The summed E-state index contributed by atoms with van der Waals surface area (Å²) in [6.45, 7) is 0. The summed E-state index contributed by atoms with van der Waals surface area (Å²) in [6, 6.07) is 0. The summed E-state index contributed by atoms with van der Waals surface area (Å²) >= 11 is 0. The minimum absolute atomic E-state index is 0.193. The van der Waals surface area contributed by atoms with Gasteiger partial charge in [0.1, 0.15) is 0 Å². The summed E-state index contributed by atoms with van der Waals surface area (Å²) in [5, 5.41) is 2.68. The Kier molecular flexibility index (Phi) is 5.65. The molecule has 1 aliphatic rings. The molecule has 2 nitrogen and oxygen atoms in total. The highest BCUT2D eigenvalue weighted by Crippen LogP contribution is 2.26. The summed E-state index contributed by atoms with van der Waals surface area (Å²) in [5.74, 6) is 1.10. The quantitative estimate of drug-likeness (QED) is 0.690. The number of amides is 1. The Hall–Kier alpha value is -0.530. The maximum absolute atomic E-state index is 11.0. The summed E-state index contributed by atoms with van der Waals surface area (Å²) in [7, 11) is 1.72. The maximum atomic E-state index is 11.0. The van der Waals surface area contributed by atoms with Gasteiger partial charge in [0.05, 0.1) is 0 Å². The zero-order chi connectivity index (χ0) is 10.2. The lowest BCUT2D eigenvalue weighted by Crippen LogP contribution is -2.17. The van der Waals surface area contributed by atoms with E-state index in [1.807, 2.05) is 0 Å². The molecule has 0 aliphatic heterocycles. The van der Waals surface area contributed by atoms with Crippen molar-refractivity contribution in [2.24, 2.45) is 5.92 Å². The van der Waals surface area contributed by atoms with E-state index >= 15 is 0 Å². The van der Waals surface area contributed by atoms with Crippen molar-refractivity contribution < 1.29 is 4.79 Å². The van der Waals surface area contributed by atoms with Crippen LogP contribution >= 0.6 is 0 Å². The molecule has 0 heterocycles. The fourth-order valence-electron chi connectivity index (χ4n) is 2.33. The van der Waals surface area contributed by atoms with Crippen LogP contribution < -0.4 is 5.32 Å². The smallest absolute Gasteiger partial charge is 0.219 e. The summed E-state index contributed by atoms with van der Waals surface area (Å²) in [4.78, 5) is 11.0. The standard InChI is InChI=1S/C12H23NO/c1-13-12(14)10-6-9-11-7-4-2-3-5-8-11/h11H,2-10H2,1H3,(H,13,14). The Bertz CT molecular complexity index is 160. The van der Waals surface area contributed by atoms with E-state index in [9.17, 15) is 4.79 Å². The van der Waals surface area contributed by atoms with Gasteiger partial charge in [-0.2, -0.15) is 0 Å². The molecule has 0 aromatic carbocycles. The van der Waals surface area contributed by atoms with Crippen LogP contribution in [-0.4, -0.2) is 13.0 Å². The lowest BCUT2D eigenvalue weighted by molar-refractivity contribution is -0.120. The number of nitrogens with one attached hydrogen (secondary N) is 1. The topological polar surface area (TPSA) is 29.1 Å². The van der Waals surface area contributed by atoms with Crippen molar-refractivity contribution in [3.8, 4) is 0 Å². The van der Waals surface area contributed by atoms with Gasteiger partial charge in [0, 0.05) is 13.5 Å². The third-order valence-electron chi connectivity index (χ3n) is 3.27. The van der Waals surface area contributed by atoms with Gasteiger partial charge in [-0.3, -0.25) is 4.79 Å². The number of rotatable bonds is 4.